The number of hydrogen-bond acceptors (Lipinski definition) is 3. The highest BCUT2D eigenvalue weighted by atomic mass is 16.3. The van der Waals surface area contributed by atoms with Crippen LogP contribution in [0.5, 0.6) is 0 Å². The Bertz CT molecular complexity index is 300. The van der Waals surface area contributed by atoms with Gasteiger partial charge < -0.3 is 10.4 Å². The Morgan fingerprint density at radius 1 is 1.19 bits per heavy atom. The first kappa shape index (κ1) is 17.2. The molecule has 124 valence electrons. The van der Waals surface area contributed by atoms with E-state index in [9.17, 15) is 5.11 Å². The molecule has 1 saturated heterocycles. The molecule has 2 atom stereocenters. The highest BCUT2D eigenvalue weighted by molar-refractivity contribution is 4.93. The van der Waals surface area contributed by atoms with Crippen molar-refractivity contribution in [3.63, 3.8) is 0 Å². The third kappa shape index (κ3) is 4.43. The number of nitrogens with one attached hydrogen (secondary N) is 1. The largest absolute Gasteiger partial charge is 0.395 e. The standard InChI is InChI=1S/C18H36N2O/c1-4-10-19-13-18(8-5-15(2)6-9-18)14-20-11-7-16(3)17(20)12-21/h15-17,19,21H,4-14H2,1-3H3. The smallest absolute Gasteiger partial charge is 0.0589 e. The fraction of sp³-hybridized carbons (Fsp3) is 1.00. The van der Waals surface area contributed by atoms with E-state index in [0.717, 1.165) is 19.0 Å². The van der Waals surface area contributed by atoms with Gasteiger partial charge in [-0.05, 0) is 56.0 Å². The van der Waals surface area contributed by atoms with Crippen LogP contribution in [-0.2, 0) is 0 Å². The van der Waals surface area contributed by atoms with E-state index in [2.05, 4.69) is 31.0 Å². The third-order valence-corrected chi connectivity index (χ3v) is 5.98. The summed E-state index contributed by atoms with van der Waals surface area (Å²) >= 11 is 0. The quantitative estimate of drug-likeness (QED) is 0.709. The number of rotatable bonds is 7. The van der Waals surface area contributed by atoms with Gasteiger partial charge in [0.05, 0.1) is 6.61 Å². The molecule has 0 bridgehead atoms. The minimum Gasteiger partial charge on any atom is -0.395 e. The van der Waals surface area contributed by atoms with E-state index in [4.69, 9.17) is 0 Å². The van der Waals surface area contributed by atoms with Gasteiger partial charge in [0.1, 0.15) is 0 Å². The molecule has 3 heteroatoms. The number of aliphatic hydroxyl groups excluding tert-OH is 1. The molecular formula is C18H36N2O. The summed E-state index contributed by atoms with van der Waals surface area (Å²) in [5, 5.41) is 13.4. The van der Waals surface area contributed by atoms with Gasteiger partial charge in [0.25, 0.3) is 0 Å². The van der Waals surface area contributed by atoms with Crippen molar-refractivity contribution >= 4 is 0 Å². The second-order valence-corrected chi connectivity index (χ2v) is 7.85. The Morgan fingerprint density at radius 3 is 2.52 bits per heavy atom. The lowest BCUT2D eigenvalue weighted by Crippen LogP contribution is -2.49. The molecular weight excluding hydrogens is 260 g/mol. The Balaban J connectivity index is 1.98. The van der Waals surface area contributed by atoms with Gasteiger partial charge in [0.2, 0.25) is 0 Å². The first-order valence-corrected chi connectivity index (χ1v) is 9.16. The van der Waals surface area contributed by atoms with Gasteiger partial charge in [-0.1, -0.05) is 33.6 Å². The third-order valence-electron chi connectivity index (χ3n) is 5.98. The first-order chi connectivity index (χ1) is 10.1. The van der Waals surface area contributed by atoms with Gasteiger partial charge in [-0.2, -0.15) is 0 Å². The van der Waals surface area contributed by atoms with Crippen LogP contribution in [0, 0.1) is 17.3 Å². The van der Waals surface area contributed by atoms with E-state index >= 15 is 0 Å². The molecule has 1 aliphatic heterocycles. The molecule has 3 nitrogen and oxygen atoms in total. The van der Waals surface area contributed by atoms with Crippen molar-refractivity contribution in [2.75, 3.05) is 32.8 Å². The van der Waals surface area contributed by atoms with Crippen LogP contribution >= 0.6 is 0 Å². The normalized spacial score (nSPS) is 38.0. The van der Waals surface area contributed by atoms with E-state index in [-0.39, 0.29) is 0 Å². The SMILES string of the molecule is CCCNCC1(CN2CCC(C)C2CO)CCC(C)CC1. The van der Waals surface area contributed by atoms with Crippen LogP contribution in [0.15, 0.2) is 0 Å². The molecule has 0 radical (unpaired) electrons. The predicted octanol–water partition coefficient (Wildman–Crippen LogP) is 2.89. The van der Waals surface area contributed by atoms with Crippen LogP contribution in [0.25, 0.3) is 0 Å². The van der Waals surface area contributed by atoms with Crippen LogP contribution in [0.1, 0.15) is 59.3 Å². The molecule has 0 aromatic rings. The zero-order valence-electron chi connectivity index (χ0n) is 14.4. The zero-order chi connectivity index (χ0) is 15.3. The Morgan fingerprint density at radius 2 is 1.90 bits per heavy atom. The lowest BCUT2D eigenvalue weighted by atomic mass is 9.70. The van der Waals surface area contributed by atoms with E-state index < -0.39 is 0 Å². The Labute approximate surface area is 131 Å². The van der Waals surface area contributed by atoms with Crippen LogP contribution in [-0.4, -0.2) is 48.8 Å². The molecule has 2 fully saturated rings. The van der Waals surface area contributed by atoms with Gasteiger partial charge in [-0.15, -0.1) is 0 Å². The molecule has 1 heterocycles. The predicted molar refractivity (Wildman–Crippen MR) is 89.5 cm³/mol. The number of nitrogens with zero attached hydrogens (tertiary/aromatic N) is 1. The average Bonchev–Trinajstić information content (AvgIpc) is 2.82. The summed E-state index contributed by atoms with van der Waals surface area (Å²) < 4.78 is 0. The molecule has 1 saturated carbocycles. The molecule has 2 N–H and O–H groups in total. The minimum atomic E-state index is 0.329. The van der Waals surface area contributed by atoms with Crippen molar-refractivity contribution in [1.29, 1.82) is 0 Å². The fourth-order valence-corrected chi connectivity index (χ4v) is 4.31. The summed E-state index contributed by atoms with van der Waals surface area (Å²) in [5.41, 5.74) is 0.444. The van der Waals surface area contributed by atoms with E-state index in [1.165, 1.54) is 51.6 Å². The van der Waals surface area contributed by atoms with Gasteiger partial charge in [-0.25, -0.2) is 0 Å². The highest BCUT2D eigenvalue weighted by Gasteiger charge is 2.39. The van der Waals surface area contributed by atoms with E-state index in [1.807, 2.05) is 0 Å². The summed E-state index contributed by atoms with van der Waals surface area (Å²) in [6.07, 6.45) is 7.93. The second-order valence-electron chi connectivity index (χ2n) is 7.85. The number of likely N-dealkylation sites (tertiary alicyclic amines) is 1. The molecule has 2 aliphatic rings. The fourth-order valence-electron chi connectivity index (χ4n) is 4.31. The van der Waals surface area contributed by atoms with Gasteiger partial charge >= 0.3 is 0 Å². The van der Waals surface area contributed by atoms with Crippen molar-refractivity contribution in [2.24, 2.45) is 17.3 Å². The number of hydrogen-bond donors (Lipinski definition) is 2. The van der Waals surface area contributed by atoms with Crippen molar-refractivity contribution in [1.82, 2.24) is 10.2 Å². The van der Waals surface area contributed by atoms with E-state index in [1.54, 1.807) is 0 Å². The summed E-state index contributed by atoms with van der Waals surface area (Å²) in [6.45, 7) is 11.9. The Kier molecular flexibility index (Phi) is 6.51. The van der Waals surface area contributed by atoms with Crippen molar-refractivity contribution in [2.45, 2.75) is 65.3 Å². The van der Waals surface area contributed by atoms with Crippen LogP contribution in [0.4, 0.5) is 0 Å². The molecule has 0 aromatic heterocycles. The summed E-state index contributed by atoms with van der Waals surface area (Å²) in [4.78, 5) is 2.59. The molecule has 2 unspecified atom stereocenters. The first-order valence-electron chi connectivity index (χ1n) is 9.16. The molecule has 0 spiro atoms. The molecule has 0 aromatic carbocycles. The lowest BCUT2D eigenvalue weighted by molar-refractivity contribution is 0.0562. The average molecular weight is 296 g/mol. The summed E-state index contributed by atoms with van der Waals surface area (Å²) in [6, 6.07) is 0.396. The van der Waals surface area contributed by atoms with Crippen molar-refractivity contribution in [3.05, 3.63) is 0 Å². The van der Waals surface area contributed by atoms with Crippen LogP contribution in [0.3, 0.4) is 0 Å². The molecule has 1 aliphatic carbocycles. The minimum absolute atomic E-state index is 0.329. The van der Waals surface area contributed by atoms with Crippen LogP contribution < -0.4 is 5.32 Å². The maximum atomic E-state index is 9.72. The molecule has 0 amide bonds. The summed E-state index contributed by atoms with van der Waals surface area (Å²) in [7, 11) is 0. The number of aliphatic hydroxyl groups is 1. The van der Waals surface area contributed by atoms with Gasteiger partial charge in [0, 0.05) is 19.1 Å². The van der Waals surface area contributed by atoms with Gasteiger partial charge in [-0.3, -0.25) is 4.90 Å². The van der Waals surface area contributed by atoms with Crippen molar-refractivity contribution in [3.8, 4) is 0 Å². The summed E-state index contributed by atoms with van der Waals surface area (Å²) in [5.74, 6) is 1.55. The maximum Gasteiger partial charge on any atom is 0.0589 e. The van der Waals surface area contributed by atoms with Crippen LogP contribution in [0.2, 0.25) is 0 Å². The monoisotopic (exact) mass is 296 g/mol. The molecule has 2 rings (SSSR count). The lowest BCUT2D eigenvalue weighted by Gasteiger charge is -2.43. The molecule has 21 heavy (non-hydrogen) atoms. The zero-order valence-corrected chi connectivity index (χ0v) is 14.4. The second kappa shape index (κ2) is 7.94. The Hall–Kier alpha value is -0.120. The van der Waals surface area contributed by atoms with Crippen molar-refractivity contribution < 1.29 is 5.11 Å². The van der Waals surface area contributed by atoms with E-state index in [0.29, 0.717) is 24.0 Å². The topological polar surface area (TPSA) is 35.5 Å². The maximum absolute atomic E-state index is 9.72. The van der Waals surface area contributed by atoms with Gasteiger partial charge in [0.15, 0.2) is 0 Å². The highest BCUT2D eigenvalue weighted by Crippen LogP contribution is 2.40.